The van der Waals surface area contributed by atoms with Crippen LogP contribution < -0.4 is 0 Å². The number of halogens is 1. The van der Waals surface area contributed by atoms with Gasteiger partial charge in [0.15, 0.2) is 0 Å². The second-order valence-electron chi connectivity index (χ2n) is 3.18. The fraction of sp³-hybridized carbons (Fsp3) is 0.714. The molecule has 3 nitrogen and oxygen atoms in total. The van der Waals surface area contributed by atoms with Crippen LogP contribution in [0.3, 0.4) is 0 Å². The van der Waals surface area contributed by atoms with Crippen LogP contribution in [-0.2, 0) is 13.6 Å². The molecule has 1 heterocycles. The summed E-state index contributed by atoms with van der Waals surface area (Å²) in [5.41, 5.74) is -0.532. The number of allylic oxidation sites excluding steroid dienone is 1. The van der Waals surface area contributed by atoms with Gasteiger partial charge < -0.3 is 4.52 Å². The molecule has 0 aromatic rings. The van der Waals surface area contributed by atoms with Gasteiger partial charge in [-0.05, 0) is 20.8 Å². The van der Waals surface area contributed by atoms with E-state index in [0.717, 1.165) is 4.48 Å². The van der Waals surface area contributed by atoms with E-state index in [1.807, 2.05) is 13.8 Å². The molecule has 0 amide bonds. The van der Waals surface area contributed by atoms with E-state index >= 15 is 0 Å². The van der Waals surface area contributed by atoms with Crippen LogP contribution >= 0.6 is 23.5 Å². The maximum absolute atomic E-state index is 11.8. The van der Waals surface area contributed by atoms with Crippen LogP contribution in [0.2, 0.25) is 0 Å². The van der Waals surface area contributed by atoms with Crippen molar-refractivity contribution in [2.45, 2.75) is 26.4 Å². The van der Waals surface area contributed by atoms with Crippen molar-refractivity contribution >= 4 is 23.5 Å². The van der Waals surface area contributed by atoms with Crippen LogP contribution in [0, 0.1) is 0 Å². The second-order valence-corrected chi connectivity index (χ2v) is 6.19. The maximum atomic E-state index is 11.8. The Balaban J connectivity index is 3.16. The Kier molecular flexibility index (Phi) is 2.57. The Morgan fingerprint density at radius 2 is 2.08 bits per heavy atom. The minimum absolute atomic E-state index is 0.532. The molecule has 1 rings (SSSR count). The molecule has 0 aliphatic carbocycles. The lowest BCUT2D eigenvalue weighted by atomic mass is 10.1. The standard InChI is InChI=1S/C7H12BrO3P/c1-5-6(8)7(2,3)11-12(5,9)10-4/h1-4H3. The third kappa shape index (κ3) is 1.41. The van der Waals surface area contributed by atoms with E-state index < -0.39 is 13.2 Å². The third-order valence-corrected chi connectivity index (χ3v) is 5.92. The molecule has 1 atom stereocenters. The molecule has 12 heavy (non-hydrogen) atoms. The van der Waals surface area contributed by atoms with E-state index in [-0.39, 0.29) is 0 Å². The van der Waals surface area contributed by atoms with Crippen molar-refractivity contribution in [1.29, 1.82) is 0 Å². The van der Waals surface area contributed by atoms with Crippen LogP contribution in [0.4, 0.5) is 0 Å². The van der Waals surface area contributed by atoms with E-state index in [0.29, 0.717) is 5.31 Å². The molecular weight excluding hydrogens is 243 g/mol. The summed E-state index contributed by atoms with van der Waals surface area (Å²) >= 11 is 3.34. The molecule has 0 saturated heterocycles. The van der Waals surface area contributed by atoms with Gasteiger partial charge in [0.05, 0.1) is 5.31 Å². The van der Waals surface area contributed by atoms with Gasteiger partial charge in [-0.15, -0.1) is 0 Å². The van der Waals surface area contributed by atoms with Gasteiger partial charge in [-0.2, -0.15) is 0 Å². The highest BCUT2D eigenvalue weighted by Gasteiger charge is 2.45. The molecule has 0 N–H and O–H groups in total. The van der Waals surface area contributed by atoms with E-state index in [4.69, 9.17) is 9.05 Å². The van der Waals surface area contributed by atoms with Gasteiger partial charge >= 0.3 is 7.60 Å². The predicted molar refractivity (Wildman–Crippen MR) is 51.4 cm³/mol. The molecule has 0 bridgehead atoms. The average Bonchev–Trinajstić information content (AvgIpc) is 2.13. The Morgan fingerprint density at radius 3 is 2.25 bits per heavy atom. The zero-order valence-electron chi connectivity index (χ0n) is 7.55. The van der Waals surface area contributed by atoms with E-state index in [9.17, 15) is 4.57 Å². The van der Waals surface area contributed by atoms with Crippen LogP contribution in [0.1, 0.15) is 20.8 Å². The zero-order valence-corrected chi connectivity index (χ0v) is 10.0. The van der Waals surface area contributed by atoms with Crippen LogP contribution in [0.15, 0.2) is 9.80 Å². The minimum Gasteiger partial charge on any atom is -0.309 e. The number of hydrogen-bond acceptors (Lipinski definition) is 3. The first-order valence-corrected chi connectivity index (χ1v) is 5.91. The highest BCUT2D eigenvalue weighted by Crippen LogP contribution is 2.66. The van der Waals surface area contributed by atoms with Crippen LogP contribution in [0.25, 0.3) is 0 Å². The van der Waals surface area contributed by atoms with Crippen molar-refractivity contribution in [2.75, 3.05) is 7.11 Å². The molecule has 1 aliphatic rings. The van der Waals surface area contributed by atoms with Crippen molar-refractivity contribution in [3.05, 3.63) is 9.80 Å². The third-order valence-electron chi connectivity index (χ3n) is 1.85. The minimum atomic E-state index is -2.99. The lowest BCUT2D eigenvalue weighted by Crippen LogP contribution is -2.18. The highest BCUT2D eigenvalue weighted by atomic mass is 79.9. The molecule has 5 heteroatoms. The largest absolute Gasteiger partial charge is 0.358 e. The summed E-state index contributed by atoms with van der Waals surface area (Å²) in [5.74, 6) is 0. The molecule has 1 aliphatic heterocycles. The van der Waals surface area contributed by atoms with Gasteiger partial charge in [0.25, 0.3) is 0 Å². The van der Waals surface area contributed by atoms with E-state index in [1.165, 1.54) is 7.11 Å². The monoisotopic (exact) mass is 254 g/mol. The summed E-state index contributed by atoms with van der Waals surface area (Å²) in [7, 11) is -1.59. The van der Waals surface area contributed by atoms with E-state index in [2.05, 4.69) is 15.9 Å². The summed E-state index contributed by atoms with van der Waals surface area (Å²) in [6.07, 6.45) is 0. The lowest BCUT2D eigenvalue weighted by molar-refractivity contribution is 0.142. The Hall–Kier alpha value is 0.370. The molecule has 0 aromatic heterocycles. The van der Waals surface area contributed by atoms with Crippen LogP contribution in [-0.4, -0.2) is 12.7 Å². The molecular formula is C7H12BrO3P. The average molecular weight is 255 g/mol. The van der Waals surface area contributed by atoms with Crippen molar-refractivity contribution in [2.24, 2.45) is 0 Å². The summed E-state index contributed by atoms with van der Waals surface area (Å²) in [4.78, 5) is 0. The van der Waals surface area contributed by atoms with Gasteiger partial charge in [0.1, 0.15) is 5.60 Å². The van der Waals surface area contributed by atoms with Gasteiger partial charge in [0, 0.05) is 11.6 Å². The molecule has 0 saturated carbocycles. The molecule has 0 fully saturated rings. The number of rotatable bonds is 1. The van der Waals surface area contributed by atoms with Crippen molar-refractivity contribution in [1.82, 2.24) is 0 Å². The van der Waals surface area contributed by atoms with Crippen molar-refractivity contribution in [3.63, 3.8) is 0 Å². The van der Waals surface area contributed by atoms with Gasteiger partial charge in [-0.1, -0.05) is 15.9 Å². The Labute approximate surface area is 80.8 Å². The van der Waals surface area contributed by atoms with Gasteiger partial charge in [0.2, 0.25) is 0 Å². The maximum Gasteiger partial charge on any atom is 0.358 e. The smallest absolute Gasteiger partial charge is 0.309 e. The number of hydrogen-bond donors (Lipinski definition) is 0. The van der Waals surface area contributed by atoms with Crippen molar-refractivity contribution < 1.29 is 13.6 Å². The van der Waals surface area contributed by atoms with Gasteiger partial charge in [-0.3, -0.25) is 9.09 Å². The second kappa shape index (κ2) is 2.95. The zero-order chi connectivity index (χ0) is 9.57. The first-order chi connectivity index (χ1) is 5.33. The van der Waals surface area contributed by atoms with Crippen LogP contribution in [0.5, 0.6) is 0 Å². The molecule has 1 unspecified atom stereocenters. The molecule has 70 valence electrons. The predicted octanol–water partition coefficient (Wildman–Crippen LogP) is 3.26. The summed E-state index contributed by atoms with van der Waals surface area (Å²) in [6, 6.07) is 0. The summed E-state index contributed by atoms with van der Waals surface area (Å²) in [6.45, 7) is 5.45. The Morgan fingerprint density at radius 1 is 1.58 bits per heavy atom. The van der Waals surface area contributed by atoms with Gasteiger partial charge in [-0.25, -0.2) is 0 Å². The first-order valence-electron chi connectivity index (χ1n) is 3.57. The quantitative estimate of drug-likeness (QED) is 0.674. The molecule has 0 radical (unpaired) electrons. The molecule has 0 aromatic carbocycles. The fourth-order valence-electron chi connectivity index (χ4n) is 1.14. The van der Waals surface area contributed by atoms with E-state index in [1.54, 1.807) is 6.92 Å². The van der Waals surface area contributed by atoms with Crippen molar-refractivity contribution in [3.8, 4) is 0 Å². The summed E-state index contributed by atoms with van der Waals surface area (Å²) in [5, 5.41) is 0.662. The topological polar surface area (TPSA) is 35.5 Å². The Bertz CT molecular complexity index is 282. The molecule has 0 spiro atoms. The normalized spacial score (nSPS) is 34.4. The first kappa shape index (κ1) is 10.5. The lowest BCUT2D eigenvalue weighted by Gasteiger charge is -2.19. The fourth-order valence-corrected chi connectivity index (χ4v) is 3.68. The summed E-state index contributed by atoms with van der Waals surface area (Å²) < 4.78 is 22.8. The SMILES string of the molecule is COP1(=O)OC(C)(C)C(Br)=C1C. The highest BCUT2D eigenvalue weighted by molar-refractivity contribution is 9.11.